The van der Waals surface area contributed by atoms with Crippen LogP contribution in [0.25, 0.3) is 10.8 Å². The van der Waals surface area contributed by atoms with Crippen molar-refractivity contribution >= 4 is 10.8 Å². The van der Waals surface area contributed by atoms with Gasteiger partial charge in [-0.3, -0.25) is 0 Å². The third-order valence-electron chi connectivity index (χ3n) is 4.09. The van der Waals surface area contributed by atoms with Gasteiger partial charge in [0.05, 0.1) is 0 Å². The van der Waals surface area contributed by atoms with Crippen molar-refractivity contribution in [3.05, 3.63) is 83.9 Å². The monoisotopic (exact) mass is 275 g/mol. The Labute approximate surface area is 126 Å². The zero-order valence-corrected chi connectivity index (χ0v) is 12.2. The molecule has 106 valence electrons. The fourth-order valence-electron chi connectivity index (χ4n) is 2.97. The summed E-state index contributed by atoms with van der Waals surface area (Å²) in [5, 5.41) is 2.66. The normalized spacial score (nSPS) is 12.4. The van der Waals surface area contributed by atoms with E-state index in [9.17, 15) is 0 Å². The number of nitrogens with two attached hydrogens (primary N) is 1. The van der Waals surface area contributed by atoms with Crippen molar-refractivity contribution in [2.24, 2.45) is 11.7 Å². The summed E-state index contributed by atoms with van der Waals surface area (Å²) in [7, 11) is 0. The van der Waals surface area contributed by atoms with Gasteiger partial charge in [-0.05, 0) is 47.2 Å². The van der Waals surface area contributed by atoms with Gasteiger partial charge in [-0.15, -0.1) is 0 Å². The average molecular weight is 275 g/mol. The first-order chi connectivity index (χ1) is 10.4. The summed E-state index contributed by atoms with van der Waals surface area (Å²) < 4.78 is 0. The first kappa shape index (κ1) is 13.8. The van der Waals surface area contributed by atoms with Crippen LogP contribution < -0.4 is 5.73 Å². The Morgan fingerprint density at radius 2 is 1.43 bits per heavy atom. The summed E-state index contributed by atoms with van der Waals surface area (Å²) in [6.07, 6.45) is 2.08. The lowest BCUT2D eigenvalue weighted by Gasteiger charge is -2.16. The Kier molecular flexibility index (Phi) is 4.32. The van der Waals surface area contributed by atoms with Crippen LogP contribution in [0.3, 0.4) is 0 Å². The fraction of sp³-hybridized carbons (Fsp3) is 0.200. The third kappa shape index (κ3) is 3.32. The maximum absolute atomic E-state index is 6.01. The quantitative estimate of drug-likeness (QED) is 0.742. The van der Waals surface area contributed by atoms with Gasteiger partial charge >= 0.3 is 0 Å². The van der Waals surface area contributed by atoms with Gasteiger partial charge in [0.15, 0.2) is 0 Å². The first-order valence-corrected chi connectivity index (χ1v) is 7.57. The Morgan fingerprint density at radius 1 is 0.714 bits per heavy atom. The van der Waals surface area contributed by atoms with Crippen LogP contribution in [-0.2, 0) is 12.8 Å². The second kappa shape index (κ2) is 6.55. The molecule has 3 aromatic carbocycles. The van der Waals surface area contributed by atoms with E-state index in [1.54, 1.807) is 0 Å². The topological polar surface area (TPSA) is 26.0 Å². The van der Waals surface area contributed by atoms with Crippen LogP contribution in [0.4, 0.5) is 0 Å². The summed E-state index contributed by atoms with van der Waals surface area (Å²) in [5.41, 5.74) is 8.78. The van der Waals surface area contributed by atoms with Crippen LogP contribution in [0, 0.1) is 5.92 Å². The standard InChI is InChI=1S/C20H21N/c21-15-17(13-16-7-2-1-3-8-16)14-19-11-6-10-18-9-4-5-12-20(18)19/h1-12,17H,13-15,21H2. The average Bonchev–Trinajstić information content (AvgIpc) is 2.55. The molecule has 0 bridgehead atoms. The highest BCUT2D eigenvalue weighted by molar-refractivity contribution is 5.85. The van der Waals surface area contributed by atoms with Gasteiger partial charge in [-0.1, -0.05) is 72.8 Å². The largest absolute Gasteiger partial charge is 0.330 e. The van der Waals surface area contributed by atoms with Gasteiger partial charge < -0.3 is 5.73 Å². The summed E-state index contributed by atoms with van der Waals surface area (Å²) in [4.78, 5) is 0. The highest BCUT2D eigenvalue weighted by Gasteiger charge is 2.10. The summed E-state index contributed by atoms with van der Waals surface area (Å²) in [6.45, 7) is 0.720. The molecule has 0 radical (unpaired) electrons. The van der Waals surface area contributed by atoms with Crippen LogP contribution in [-0.4, -0.2) is 6.54 Å². The van der Waals surface area contributed by atoms with E-state index in [1.165, 1.54) is 21.9 Å². The van der Waals surface area contributed by atoms with Crippen molar-refractivity contribution in [1.82, 2.24) is 0 Å². The minimum Gasteiger partial charge on any atom is -0.330 e. The zero-order valence-electron chi connectivity index (χ0n) is 12.2. The van der Waals surface area contributed by atoms with E-state index >= 15 is 0 Å². The van der Waals surface area contributed by atoms with E-state index in [4.69, 9.17) is 5.73 Å². The van der Waals surface area contributed by atoms with Gasteiger partial charge in [0.1, 0.15) is 0 Å². The number of hydrogen-bond donors (Lipinski definition) is 1. The van der Waals surface area contributed by atoms with Crippen LogP contribution >= 0.6 is 0 Å². The molecule has 0 heterocycles. The molecule has 0 aliphatic rings. The van der Waals surface area contributed by atoms with E-state index in [0.29, 0.717) is 5.92 Å². The van der Waals surface area contributed by atoms with Gasteiger partial charge in [-0.2, -0.15) is 0 Å². The van der Waals surface area contributed by atoms with E-state index in [1.807, 2.05) is 0 Å². The number of benzene rings is 3. The molecular weight excluding hydrogens is 254 g/mol. The molecule has 3 rings (SSSR count). The van der Waals surface area contributed by atoms with Gasteiger partial charge in [-0.25, -0.2) is 0 Å². The Bertz CT molecular complexity index is 698. The van der Waals surface area contributed by atoms with Crippen molar-refractivity contribution in [3.8, 4) is 0 Å². The second-order valence-corrected chi connectivity index (χ2v) is 5.63. The highest BCUT2D eigenvalue weighted by Crippen LogP contribution is 2.22. The molecule has 0 aromatic heterocycles. The molecule has 1 heteroatoms. The van der Waals surface area contributed by atoms with Gasteiger partial charge in [0.25, 0.3) is 0 Å². The molecule has 0 aliphatic carbocycles. The number of rotatable bonds is 5. The molecule has 1 unspecified atom stereocenters. The van der Waals surface area contributed by atoms with Crippen molar-refractivity contribution in [2.45, 2.75) is 12.8 Å². The lowest BCUT2D eigenvalue weighted by molar-refractivity contribution is 0.535. The number of hydrogen-bond acceptors (Lipinski definition) is 1. The number of fused-ring (bicyclic) bond motifs is 1. The Hall–Kier alpha value is -2.12. The van der Waals surface area contributed by atoms with Crippen molar-refractivity contribution in [2.75, 3.05) is 6.54 Å². The van der Waals surface area contributed by atoms with Crippen molar-refractivity contribution in [1.29, 1.82) is 0 Å². The maximum atomic E-state index is 6.01. The molecule has 0 aliphatic heterocycles. The zero-order chi connectivity index (χ0) is 14.5. The molecule has 0 fully saturated rings. The summed E-state index contributed by atoms with van der Waals surface area (Å²) in [5.74, 6) is 0.484. The van der Waals surface area contributed by atoms with Crippen LogP contribution in [0.2, 0.25) is 0 Å². The molecule has 0 saturated carbocycles. The molecule has 0 saturated heterocycles. The highest BCUT2D eigenvalue weighted by atomic mass is 14.5. The minimum absolute atomic E-state index is 0.484. The first-order valence-electron chi connectivity index (χ1n) is 7.57. The molecule has 2 N–H and O–H groups in total. The predicted octanol–water partition coefficient (Wildman–Crippen LogP) is 4.20. The van der Waals surface area contributed by atoms with Crippen LogP contribution in [0.15, 0.2) is 72.8 Å². The Morgan fingerprint density at radius 3 is 2.24 bits per heavy atom. The second-order valence-electron chi connectivity index (χ2n) is 5.63. The fourth-order valence-corrected chi connectivity index (χ4v) is 2.97. The lowest BCUT2D eigenvalue weighted by atomic mass is 9.90. The van der Waals surface area contributed by atoms with E-state index in [2.05, 4.69) is 72.8 Å². The van der Waals surface area contributed by atoms with E-state index < -0.39 is 0 Å². The predicted molar refractivity (Wildman–Crippen MR) is 90.3 cm³/mol. The van der Waals surface area contributed by atoms with Crippen LogP contribution in [0.5, 0.6) is 0 Å². The smallest absolute Gasteiger partial charge is 0.00425 e. The molecule has 21 heavy (non-hydrogen) atoms. The maximum Gasteiger partial charge on any atom is -0.00425 e. The van der Waals surface area contributed by atoms with Crippen molar-refractivity contribution < 1.29 is 0 Å². The van der Waals surface area contributed by atoms with Crippen molar-refractivity contribution in [3.63, 3.8) is 0 Å². The Balaban J connectivity index is 1.82. The molecule has 1 atom stereocenters. The SMILES string of the molecule is NCC(Cc1ccccc1)Cc1cccc2ccccc12. The van der Waals surface area contributed by atoms with E-state index in [-0.39, 0.29) is 0 Å². The molecule has 0 spiro atoms. The molecular formula is C20H21N. The van der Waals surface area contributed by atoms with E-state index in [0.717, 1.165) is 19.4 Å². The third-order valence-corrected chi connectivity index (χ3v) is 4.09. The molecule has 0 amide bonds. The van der Waals surface area contributed by atoms with Crippen LogP contribution in [0.1, 0.15) is 11.1 Å². The lowest BCUT2D eigenvalue weighted by Crippen LogP contribution is -2.19. The minimum atomic E-state index is 0.484. The van der Waals surface area contributed by atoms with Gasteiger partial charge in [0.2, 0.25) is 0 Å². The molecule has 1 nitrogen and oxygen atoms in total. The summed E-state index contributed by atoms with van der Waals surface area (Å²) >= 11 is 0. The summed E-state index contributed by atoms with van der Waals surface area (Å²) in [6, 6.07) is 25.8. The van der Waals surface area contributed by atoms with Gasteiger partial charge in [0, 0.05) is 0 Å². The molecule has 3 aromatic rings.